The topological polar surface area (TPSA) is 29.1 Å². The van der Waals surface area contributed by atoms with Crippen LogP contribution >= 0.6 is 11.6 Å². The molecule has 3 atom stereocenters. The molecule has 110 valence electrons. The minimum Gasteiger partial charge on any atom is -0.349 e. The van der Waals surface area contributed by atoms with E-state index in [4.69, 9.17) is 11.6 Å². The number of hydrogen-bond acceptors (Lipinski definition) is 1. The Morgan fingerprint density at radius 1 is 1.26 bits per heavy atom. The number of hydrogen-bond donors (Lipinski definition) is 1. The minimum absolute atomic E-state index is 0.144. The van der Waals surface area contributed by atoms with Crippen molar-refractivity contribution in [2.45, 2.75) is 71.3 Å². The molecule has 2 saturated carbocycles. The second kappa shape index (κ2) is 5.63. The Hall–Kier alpha value is -0.240. The number of carbonyl (C=O) groups excluding carboxylic acids is 1. The SMILES string of the molecule is CC1CCCC(CCl)(NC(=O)C2CCCC2(C)C)C1. The van der Waals surface area contributed by atoms with Crippen molar-refractivity contribution in [2.75, 3.05) is 5.88 Å². The van der Waals surface area contributed by atoms with Crippen LogP contribution in [-0.4, -0.2) is 17.3 Å². The third-order valence-electron chi connectivity index (χ3n) is 5.31. The van der Waals surface area contributed by atoms with Gasteiger partial charge in [0.2, 0.25) is 5.91 Å². The molecule has 2 aliphatic carbocycles. The molecule has 0 aromatic heterocycles. The van der Waals surface area contributed by atoms with Gasteiger partial charge in [-0.15, -0.1) is 11.6 Å². The smallest absolute Gasteiger partial charge is 0.224 e. The molecule has 0 spiro atoms. The van der Waals surface area contributed by atoms with Crippen LogP contribution in [0.3, 0.4) is 0 Å². The third-order valence-corrected chi connectivity index (χ3v) is 5.82. The number of alkyl halides is 1. The lowest BCUT2D eigenvalue weighted by molar-refractivity contribution is -0.130. The molecule has 1 amide bonds. The highest BCUT2D eigenvalue weighted by molar-refractivity contribution is 6.18. The Morgan fingerprint density at radius 3 is 2.47 bits per heavy atom. The Balaban J connectivity index is 2.04. The molecule has 0 saturated heterocycles. The summed E-state index contributed by atoms with van der Waals surface area (Å²) in [5.74, 6) is 1.64. The molecule has 19 heavy (non-hydrogen) atoms. The van der Waals surface area contributed by atoms with Crippen molar-refractivity contribution in [3.8, 4) is 0 Å². The van der Waals surface area contributed by atoms with Crippen molar-refractivity contribution < 1.29 is 4.79 Å². The van der Waals surface area contributed by atoms with E-state index in [2.05, 4.69) is 26.1 Å². The highest BCUT2D eigenvalue weighted by atomic mass is 35.5. The van der Waals surface area contributed by atoms with E-state index in [9.17, 15) is 4.79 Å². The molecular weight excluding hydrogens is 258 g/mol. The molecule has 0 radical (unpaired) electrons. The van der Waals surface area contributed by atoms with Crippen LogP contribution in [0.4, 0.5) is 0 Å². The molecule has 2 aliphatic rings. The van der Waals surface area contributed by atoms with Crippen LogP contribution < -0.4 is 5.32 Å². The van der Waals surface area contributed by atoms with Gasteiger partial charge in [0.15, 0.2) is 0 Å². The molecule has 2 fully saturated rings. The number of nitrogens with one attached hydrogen (secondary N) is 1. The molecular formula is C16H28ClNO. The summed E-state index contributed by atoms with van der Waals surface area (Å²) in [6.07, 6.45) is 7.90. The van der Waals surface area contributed by atoms with E-state index >= 15 is 0 Å². The third kappa shape index (κ3) is 3.26. The van der Waals surface area contributed by atoms with Crippen LogP contribution in [0.2, 0.25) is 0 Å². The van der Waals surface area contributed by atoms with Crippen LogP contribution in [0, 0.1) is 17.3 Å². The zero-order valence-electron chi connectivity index (χ0n) is 12.6. The van der Waals surface area contributed by atoms with Crippen LogP contribution in [0.25, 0.3) is 0 Å². The Morgan fingerprint density at radius 2 is 1.95 bits per heavy atom. The molecule has 1 N–H and O–H groups in total. The Bertz CT molecular complexity index is 342. The van der Waals surface area contributed by atoms with Gasteiger partial charge in [0.05, 0.1) is 5.54 Å². The van der Waals surface area contributed by atoms with E-state index in [0.29, 0.717) is 11.8 Å². The quantitative estimate of drug-likeness (QED) is 0.777. The summed E-state index contributed by atoms with van der Waals surface area (Å²) in [6, 6.07) is 0. The predicted octanol–water partition coefficient (Wildman–Crippen LogP) is 4.12. The summed E-state index contributed by atoms with van der Waals surface area (Å²) in [7, 11) is 0. The van der Waals surface area contributed by atoms with Gasteiger partial charge >= 0.3 is 0 Å². The van der Waals surface area contributed by atoms with Gasteiger partial charge in [-0.05, 0) is 37.0 Å². The zero-order chi connectivity index (χ0) is 14.1. The van der Waals surface area contributed by atoms with E-state index in [1.165, 1.54) is 19.3 Å². The number of carbonyl (C=O) groups is 1. The Kier molecular flexibility index (Phi) is 4.49. The maximum Gasteiger partial charge on any atom is 0.224 e. The number of halogens is 1. The molecule has 0 aromatic carbocycles. The number of amides is 1. The summed E-state index contributed by atoms with van der Waals surface area (Å²) >= 11 is 6.21. The second-order valence-corrected chi connectivity index (χ2v) is 7.81. The zero-order valence-corrected chi connectivity index (χ0v) is 13.4. The lowest BCUT2D eigenvalue weighted by Gasteiger charge is -2.41. The molecule has 0 aliphatic heterocycles. The Labute approximate surface area is 122 Å². The van der Waals surface area contributed by atoms with Crippen LogP contribution in [0.5, 0.6) is 0 Å². The summed E-state index contributed by atoms with van der Waals surface area (Å²) in [4.78, 5) is 12.6. The van der Waals surface area contributed by atoms with Gasteiger partial charge in [0.1, 0.15) is 0 Å². The first-order chi connectivity index (χ1) is 8.88. The van der Waals surface area contributed by atoms with E-state index < -0.39 is 0 Å². The van der Waals surface area contributed by atoms with E-state index in [-0.39, 0.29) is 22.8 Å². The first kappa shape index (κ1) is 15.2. The van der Waals surface area contributed by atoms with Gasteiger partial charge < -0.3 is 5.32 Å². The summed E-state index contributed by atoms with van der Waals surface area (Å²) in [5.41, 5.74) is 0.00679. The van der Waals surface area contributed by atoms with Gasteiger partial charge in [-0.1, -0.05) is 40.0 Å². The molecule has 2 nitrogen and oxygen atoms in total. The van der Waals surface area contributed by atoms with Gasteiger partial charge in [-0.3, -0.25) is 4.79 Å². The predicted molar refractivity (Wildman–Crippen MR) is 80.3 cm³/mol. The van der Waals surface area contributed by atoms with E-state index in [1.54, 1.807) is 0 Å². The summed E-state index contributed by atoms with van der Waals surface area (Å²) in [6.45, 7) is 6.72. The summed E-state index contributed by atoms with van der Waals surface area (Å²) < 4.78 is 0. The normalized spacial score (nSPS) is 38.1. The lowest BCUT2D eigenvalue weighted by atomic mass is 9.76. The monoisotopic (exact) mass is 285 g/mol. The first-order valence-electron chi connectivity index (χ1n) is 7.77. The average molecular weight is 286 g/mol. The van der Waals surface area contributed by atoms with Crippen molar-refractivity contribution >= 4 is 17.5 Å². The molecule has 3 unspecified atom stereocenters. The lowest BCUT2D eigenvalue weighted by Crippen LogP contribution is -2.55. The largest absolute Gasteiger partial charge is 0.349 e. The number of rotatable bonds is 3. The highest BCUT2D eigenvalue weighted by Gasteiger charge is 2.43. The van der Waals surface area contributed by atoms with Gasteiger partial charge in [-0.25, -0.2) is 0 Å². The second-order valence-electron chi connectivity index (χ2n) is 7.54. The van der Waals surface area contributed by atoms with E-state index in [1.807, 2.05) is 0 Å². The minimum atomic E-state index is -0.144. The fourth-order valence-electron chi connectivity index (χ4n) is 4.09. The maximum absolute atomic E-state index is 12.6. The highest BCUT2D eigenvalue weighted by Crippen LogP contribution is 2.43. The van der Waals surface area contributed by atoms with Crippen LogP contribution in [0.1, 0.15) is 65.7 Å². The standard InChI is InChI=1S/C16H28ClNO/c1-12-6-4-9-16(10-12,11-17)18-14(19)13-7-5-8-15(13,2)3/h12-13H,4-11H2,1-3H3,(H,18,19). The molecule has 0 aromatic rings. The van der Waals surface area contributed by atoms with Crippen LogP contribution in [0.15, 0.2) is 0 Å². The molecule has 2 rings (SSSR count). The van der Waals surface area contributed by atoms with E-state index in [0.717, 1.165) is 25.7 Å². The molecule has 0 bridgehead atoms. The average Bonchev–Trinajstić information content (AvgIpc) is 2.69. The maximum atomic E-state index is 12.6. The van der Waals surface area contributed by atoms with Crippen molar-refractivity contribution in [1.82, 2.24) is 5.32 Å². The fourth-order valence-corrected chi connectivity index (χ4v) is 4.40. The van der Waals surface area contributed by atoms with Gasteiger partial charge in [0, 0.05) is 11.8 Å². The molecule has 0 heterocycles. The van der Waals surface area contributed by atoms with Crippen LogP contribution in [-0.2, 0) is 4.79 Å². The molecule has 3 heteroatoms. The van der Waals surface area contributed by atoms with Crippen molar-refractivity contribution in [3.05, 3.63) is 0 Å². The van der Waals surface area contributed by atoms with Gasteiger partial charge in [-0.2, -0.15) is 0 Å². The fraction of sp³-hybridized carbons (Fsp3) is 0.938. The van der Waals surface area contributed by atoms with Crippen molar-refractivity contribution in [3.63, 3.8) is 0 Å². The van der Waals surface area contributed by atoms with Gasteiger partial charge in [0.25, 0.3) is 0 Å². The van der Waals surface area contributed by atoms with Crippen molar-refractivity contribution in [2.24, 2.45) is 17.3 Å². The summed E-state index contributed by atoms with van der Waals surface area (Å²) in [5, 5.41) is 3.34. The van der Waals surface area contributed by atoms with Crippen molar-refractivity contribution in [1.29, 1.82) is 0 Å². The first-order valence-corrected chi connectivity index (χ1v) is 8.30.